The van der Waals surface area contributed by atoms with E-state index in [4.69, 9.17) is 10.5 Å². The summed E-state index contributed by atoms with van der Waals surface area (Å²) in [7, 11) is 0. The Kier molecular flexibility index (Phi) is 6.36. The number of anilines is 1. The highest BCUT2D eigenvalue weighted by molar-refractivity contribution is 5.90. The molecule has 0 heterocycles. The largest absolute Gasteiger partial charge is 0.462 e. The third-order valence-electron chi connectivity index (χ3n) is 3.19. The van der Waals surface area contributed by atoms with Gasteiger partial charge in [0.1, 0.15) is 0 Å². The van der Waals surface area contributed by atoms with Crippen molar-refractivity contribution in [2.24, 2.45) is 17.6 Å². The molecule has 1 atom stereocenters. The Hall–Kier alpha value is -1.55. The van der Waals surface area contributed by atoms with Crippen molar-refractivity contribution >= 4 is 11.7 Å². The van der Waals surface area contributed by atoms with Crippen molar-refractivity contribution in [2.45, 2.75) is 20.8 Å². The number of nitrogens with two attached hydrogens (primary N) is 1. The lowest BCUT2D eigenvalue weighted by molar-refractivity contribution is 0.0526. The maximum atomic E-state index is 11.6. The highest BCUT2D eigenvalue weighted by atomic mass is 16.5. The minimum absolute atomic E-state index is 0.287. The summed E-state index contributed by atoms with van der Waals surface area (Å²) in [4.78, 5) is 11.6. The van der Waals surface area contributed by atoms with Gasteiger partial charge in [-0.15, -0.1) is 0 Å². The van der Waals surface area contributed by atoms with Crippen LogP contribution < -0.4 is 11.1 Å². The molecule has 0 aliphatic carbocycles. The topological polar surface area (TPSA) is 64.3 Å². The van der Waals surface area contributed by atoms with E-state index in [-0.39, 0.29) is 5.97 Å². The Morgan fingerprint density at radius 2 is 2.16 bits per heavy atom. The van der Waals surface area contributed by atoms with Crippen LogP contribution in [0.3, 0.4) is 0 Å². The summed E-state index contributed by atoms with van der Waals surface area (Å²) in [6.07, 6.45) is 0. The molecule has 0 fully saturated rings. The summed E-state index contributed by atoms with van der Waals surface area (Å²) in [5.41, 5.74) is 7.23. The van der Waals surface area contributed by atoms with Gasteiger partial charge < -0.3 is 15.8 Å². The van der Waals surface area contributed by atoms with Crippen LogP contribution in [0.5, 0.6) is 0 Å². The molecule has 0 saturated carbocycles. The van der Waals surface area contributed by atoms with Gasteiger partial charge in [0.25, 0.3) is 0 Å². The van der Waals surface area contributed by atoms with E-state index in [0.29, 0.717) is 30.6 Å². The number of carbonyl (C=O) groups excluding carboxylic acids is 1. The lowest BCUT2D eigenvalue weighted by Crippen LogP contribution is -2.27. The van der Waals surface area contributed by atoms with E-state index in [2.05, 4.69) is 19.2 Å². The zero-order valence-electron chi connectivity index (χ0n) is 12.0. The van der Waals surface area contributed by atoms with Crippen LogP contribution in [-0.4, -0.2) is 25.7 Å². The number of rotatable bonds is 7. The molecule has 4 heteroatoms. The van der Waals surface area contributed by atoms with Crippen LogP contribution in [0.15, 0.2) is 24.3 Å². The second-order valence-corrected chi connectivity index (χ2v) is 4.92. The first-order chi connectivity index (χ1) is 9.08. The predicted molar refractivity (Wildman–Crippen MR) is 78.3 cm³/mol. The fourth-order valence-electron chi connectivity index (χ4n) is 1.81. The van der Waals surface area contributed by atoms with Crippen LogP contribution in [0.1, 0.15) is 31.1 Å². The van der Waals surface area contributed by atoms with Crippen molar-refractivity contribution in [3.8, 4) is 0 Å². The molecule has 0 spiro atoms. The minimum Gasteiger partial charge on any atom is -0.462 e. The van der Waals surface area contributed by atoms with Crippen LogP contribution in [0.25, 0.3) is 0 Å². The third-order valence-corrected chi connectivity index (χ3v) is 3.19. The molecule has 3 N–H and O–H groups in total. The van der Waals surface area contributed by atoms with Crippen molar-refractivity contribution < 1.29 is 9.53 Å². The van der Waals surface area contributed by atoms with Gasteiger partial charge in [-0.3, -0.25) is 0 Å². The molecule has 0 aromatic heterocycles. The summed E-state index contributed by atoms with van der Waals surface area (Å²) >= 11 is 0. The second kappa shape index (κ2) is 7.79. The highest BCUT2D eigenvalue weighted by Gasteiger charge is 2.11. The number of esters is 1. The highest BCUT2D eigenvalue weighted by Crippen LogP contribution is 2.14. The summed E-state index contributed by atoms with van der Waals surface area (Å²) < 4.78 is 4.98. The Morgan fingerprint density at radius 3 is 2.74 bits per heavy atom. The van der Waals surface area contributed by atoms with Crippen LogP contribution in [0.2, 0.25) is 0 Å². The van der Waals surface area contributed by atoms with E-state index < -0.39 is 0 Å². The van der Waals surface area contributed by atoms with Gasteiger partial charge in [0, 0.05) is 12.2 Å². The molecule has 0 saturated heterocycles. The Balaban J connectivity index is 2.64. The Morgan fingerprint density at radius 1 is 1.42 bits per heavy atom. The maximum Gasteiger partial charge on any atom is 0.338 e. The van der Waals surface area contributed by atoms with E-state index in [0.717, 1.165) is 12.2 Å². The average Bonchev–Trinajstić information content (AvgIpc) is 2.39. The monoisotopic (exact) mass is 264 g/mol. The number of nitrogens with one attached hydrogen (secondary N) is 1. The molecule has 1 aromatic carbocycles. The van der Waals surface area contributed by atoms with E-state index in [1.807, 2.05) is 18.2 Å². The first-order valence-corrected chi connectivity index (χ1v) is 6.79. The molecule has 0 bridgehead atoms. The van der Waals surface area contributed by atoms with Gasteiger partial charge in [-0.2, -0.15) is 0 Å². The lowest BCUT2D eigenvalue weighted by Gasteiger charge is -2.20. The van der Waals surface area contributed by atoms with Gasteiger partial charge in [-0.1, -0.05) is 19.9 Å². The zero-order chi connectivity index (χ0) is 14.3. The molecular weight excluding hydrogens is 240 g/mol. The predicted octanol–water partition coefficient (Wildman–Crippen LogP) is 2.51. The normalized spacial score (nSPS) is 12.3. The molecule has 0 radical (unpaired) electrons. The Labute approximate surface area is 115 Å². The molecule has 0 amide bonds. The molecule has 0 aliphatic heterocycles. The molecule has 1 rings (SSSR count). The van der Waals surface area contributed by atoms with Crippen LogP contribution in [-0.2, 0) is 4.74 Å². The quantitative estimate of drug-likeness (QED) is 0.743. The first kappa shape index (κ1) is 15.5. The summed E-state index contributed by atoms with van der Waals surface area (Å²) in [6.45, 7) is 7.97. The lowest BCUT2D eigenvalue weighted by atomic mass is 9.96. The molecular formula is C15H24N2O2. The van der Waals surface area contributed by atoms with Gasteiger partial charge in [-0.05, 0) is 43.5 Å². The van der Waals surface area contributed by atoms with Gasteiger partial charge in [0.2, 0.25) is 0 Å². The fourth-order valence-corrected chi connectivity index (χ4v) is 1.81. The average molecular weight is 264 g/mol. The van der Waals surface area contributed by atoms with E-state index in [1.54, 1.807) is 13.0 Å². The van der Waals surface area contributed by atoms with Crippen LogP contribution in [0, 0.1) is 11.8 Å². The van der Waals surface area contributed by atoms with Gasteiger partial charge in [-0.25, -0.2) is 4.79 Å². The van der Waals surface area contributed by atoms with Crippen LogP contribution in [0.4, 0.5) is 5.69 Å². The molecule has 19 heavy (non-hydrogen) atoms. The van der Waals surface area contributed by atoms with Gasteiger partial charge in [0.15, 0.2) is 0 Å². The molecule has 1 aromatic rings. The number of hydrogen-bond acceptors (Lipinski definition) is 4. The Bertz CT molecular complexity index is 405. The van der Waals surface area contributed by atoms with Gasteiger partial charge >= 0.3 is 5.97 Å². The molecule has 1 unspecified atom stereocenters. The van der Waals surface area contributed by atoms with Gasteiger partial charge in [0.05, 0.1) is 12.2 Å². The zero-order valence-corrected chi connectivity index (χ0v) is 12.0. The number of hydrogen-bond donors (Lipinski definition) is 2. The van der Waals surface area contributed by atoms with Crippen molar-refractivity contribution in [1.29, 1.82) is 0 Å². The number of ether oxygens (including phenoxy) is 1. The van der Waals surface area contributed by atoms with Crippen molar-refractivity contribution in [3.05, 3.63) is 29.8 Å². The van der Waals surface area contributed by atoms with E-state index in [9.17, 15) is 4.79 Å². The van der Waals surface area contributed by atoms with E-state index >= 15 is 0 Å². The van der Waals surface area contributed by atoms with E-state index in [1.165, 1.54) is 0 Å². The molecule has 0 aliphatic rings. The smallest absolute Gasteiger partial charge is 0.338 e. The molecule has 4 nitrogen and oxygen atoms in total. The fraction of sp³-hybridized carbons (Fsp3) is 0.533. The minimum atomic E-state index is -0.287. The summed E-state index contributed by atoms with van der Waals surface area (Å²) in [5, 5.41) is 3.33. The van der Waals surface area contributed by atoms with Crippen molar-refractivity contribution in [1.82, 2.24) is 0 Å². The molecule has 106 valence electrons. The van der Waals surface area contributed by atoms with Crippen molar-refractivity contribution in [3.63, 3.8) is 0 Å². The standard InChI is InChI=1S/C15H24N2O2/c1-4-19-15(18)12-6-5-7-14(8-12)17-10-13(9-16)11(2)3/h5-8,11,13,17H,4,9-10,16H2,1-3H3. The second-order valence-electron chi connectivity index (χ2n) is 4.92. The summed E-state index contributed by atoms with van der Waals surface area (Å²) in [5.74, 6) is 0.669. The number of carbonyl (C=O) groups is 1. The number of benzene rings is 1. The van der Waals surface area contributed by atoms with Crippen molar-refractivity contribution in [2.75, 3.05) is 25.0 Å². The third kappa shape index (κ3) is 4.91. The first-order valence-electron chi connectivity index (χ1n) is 6.79. The SMILES string of the molecule is CCOC(=O)c1cccc(NCC(CN)C(C)C)c1. The van der Waals surface area contributed by atoms with Crippen LogP contribution >= 0.6 is 0 Å². The summed E-state index contributed by atoms with van der Waals surface area (Å²) in [6, 6.07) is 7.36. The maximum absolute atomic E-state index is 11.6.